The summed E-state index contributed by atoms with van der Waals surface area (Å²) in [6, 6.07) is 7.05. The van der Waals surface area contributed by atoms with Crippen molar-refractivity contribution in [2.75, 3.05) is 14.2 Å². The summed E-state index contributed by atoms with van der Waals surface area (Å²) in [4.78, 5) is 11.5. The van der Waals surface area contributed by atoms with Crippen molar-refractivity contribution in [1.29, 1.82) is 0 Å². The molecule has 5 nitrogen and oxygen atoms in total. The molecular weight excluding hydrogens is 258 g/mol. The highest BCUT2D eigenvalue weighted by molar-refractivity contribution is 5.93. The number of ether oxygens (including phenoxy) is 2. The highest BCUT2D eigenvalue weighted by Crippen LogP contribution is 2.33. The third kappa shape index (κ3) is 2.22. The predicted octanol–water partition coefficient (Wildman–Crippen LogP) is 2.81. The third-order valence-corrected chi connectivity index (χ3v) is 3.24. The quantitative estimate of drug-likeness (QED) is 0.932. The maximum absolute atomic E-state index is 11.5. The number of aromatic nitrogens is 1. The standard InChI is InChI=1S/C15H17NO4/c1-9-5-6-10(2)16(9)12-8-14(20-4)13(19-3)7-11(12)15(17)18/h5-8H,1-4H3,(H,17,18). The molecule has 0 amide bonds. The first-order valence-electron chi connectivity index (χ1n) is 6.14. The molecule has 5 heteroatoms. The van der Waals surface area contributed by atoms with Crippen molar-refractivity contribution < 1.29 is 19.4 Å². The van der Waals surface area contributed by atoms with Gasteiger partial charge in [0.05, 0.1) is 25.5 Å². The second kappa shape index (κ2) is 5.28. The Morgan fingerprint density at radius 3 is 2.00 bits per heavy atom. The van der Waals surface area contributed by atoms with Gasteiger partial charge in [0.1, 0.15) is 0 Å². The minimum absolute atomic E-state index is 0.171. The molecule has 0 aliphatic heterocycles. The summed E-state index contributed by atoms with van der Waals surface area (Å²) in [5.41, 5.74) is 2.65. The molecule has 1 aromatic carbocycles. The van der Waals surface area contributed by atoms with Crippen LogP contribution in [0.3, 0.4) is 0 Å². The minimum atomic E-state index is -1.01. The van der Waals surface area contributed by atoms with Gasteiger partial charge in [-0.05, 0) is 26.0 Å². The smallest absolute Gasteiger partial charge is 0.337 e. The van der Waals surface area contributed by atoms with E-state index in [1.165, 1.54) is 20.3 Å². The minimum Gasteiger partial charge on any atom is -0.493 e. The number of benzene rings is 1. The number of carboxylic acids is 1. The largest absolute Gasteiger partial charge is 0.493 e. The lowest BCUT2D eigenvalue weighted by atomic mass is 10.1. The van der Waals surface area contributed by atoms with Crippen LogP contribution in [0.25, 0.3) is 5.69 Å². The molecule has 1 aromatic heterocycles. The summed E-state index contributed by atoms with van der Waals surface area (Å²) >= 11 is 0. The molecule has 0 fully saturated rings. The van der Waals surface area contributed by atoms with E-state index in [2.05, 4.69) is 0 Å². The highest BCUT2D eigenvalue weighted by Gasteiger charge is 2.19. The molecular formula is C15H17NO4. The predicted molar refractivity (Wildman–Crippen MR) is 75.3 cm³/mol. The molecule has 0 atom stereocenters. The van der Waals surface area contributed by atoms with Gasteiger partial charge in [0.15, 0.2) is 11.5 Å². The molecule has 1 N–H and O–H groups in total. The summed E-state index contributed by atoms with van der Waals surface area (Å²) in [5, 5.41) is 9.42. The van der Waals surface area contributed by atoms with E-state index < -0.39 is 5.97 Å². The molecule has 2 aromatic rings. The number of aryl methyl sites for hydroxylation is 2. The first-order valence-corrected chi connectivity index (χ1v) is 6.14. The van der Waals surface area contributed by atoms with Crippen LogP contribution >= 0.6 is 0 Å². The van der Waals surface area contributed by atoms with Crippen molar-refractivity contribution in [2.45, 2.75) is 13.8 Å². The van der Waals surface area contributed by atoms with Crippen LogP contribution in [0.5, 0.6) is 11.5 Å². The Kier molecular flexibility index (Phi) is 3.70. The van der Waals surface area contributed by atoms with Crippen LogP contribution in [-0.4, -0.2) is 29.9 Å². The number of aromatic carboxylic acids is 1. The second-order valence-corrected chi connectivity index (χ2v) is 4.48. The molecule has 2 rings (SSSR count). The monoisotopic (exact) mass is 275 g/mol. The molecule has 0 aliphatic rings. The Morgan fingerprint density at radius 2 is 1.55 bits per heavy atom. The number of carbonyl (C=O) groups is 1. The van der Waals surface area contributed by atoms with Crippen LogP contribution < -0.4 is 9.47 Å². The molecule has 0 saturated carbocycles. The first-order chi connectivity index (χ1) is 9.49. The second-order valence-electron chi connectivity index (χ2n) is 4.48. The van der Waals surface area contributed by atoms with Crippen molar-refractivity contribution in [2.24, 2.45) is 0 Å². The zero-order valence-electron chi connectivity index (χ0n) is 11.9. The summed E-state index contributed by atoms with van der Waals surface area (Å²) in [6.45, 7) is 3.85. The first kappa shape index (κ1) is 14.0. The third-order valence-electron chi connectivity index (χ3n) is 3.24. The maximum atomic E-state index is 11.5. The molecule has 0 radical (unpaired) electrons. The van der Waals surface area contributed by atoms with Gasteiger partial charge in [0.25, 0.3) is 0 Å². The topological polar surface area (TPSA) is 60.7 Å². The summed E-state index contributed by atoms with van der Waals surface area (Å²) in [7, 11) is 3.01. The van der Waals surface area contributed by atoms with Crippen molar-refractivity contribution in [3.8, 4) is 17.2 Å². The van der Waals surface area contributed by atoms with Gasteiger partial charge in [0.2, 0.25) is 0 Å². The van der Waals surface area contributed by atoms with Crippen LogP contribution in [0.4, 0.5) is 0 Å². The van der Waals surface area contributed by atoms with Gasteiger partial charge in [0, 0.05) is 23.5 Å². The molecule has 0 spiro atoms. The van der Waals surface area contributed by atoms with Gasteiger partial charge < -0.3 is 19.1 Å². The van der Waals surface area contributed by atoms with E-state index in [0.717, 1.165) is 11.4 Å². The van der Waals surface area contributed by atoms with Crippen LogP contribution in [0.1, 0.15) is 21.7 Å². The Morgan fingerprint density at radius 1 is 1.05 bits per heavy atom. The Bertz CT molecular complexity index is 639. The average molecular weight is 275 g/mol. The molecule has 1 heterocycles. The van der Waals surface area contributed by atoms with E-state index in [-0.39, 0.29) is 5.56 Å². The Hall–Kier alpha value is -2.43. The van der Waals surface area contributed by atoms with Crippen LogP contribution in [0.15, 0.2) is 24.3 Å². The number of rotatable bonds is 4. The van der Waals surface area contributed by atoms with Gasteiger partial charge in [-0.15, -0.1) is 0 Å². The van der Waals surface area contributed by atoms with Crippen molar-refractivity contribution >= 4 is 5.97 Å². The van der Waals surface area contributed by atoms with Gasteiger partial charge in [-0.1, -0.05) is 0 Å². The number of hydrogen-bond acceptors (Lipinski definition) is 3. The number of methoxy groups -OCH3 is 2. The van der Waals surface area contributed by atoms with Gasteiger partial charge in [-0.25, -0.2) is 4.79 Å². The van der Waals surface area contributed by atoms with Crippen molar-refractivity contribution in [3.63, 3.8) is 0 Å². The van der Waals surface area contributed by atoms with Gasteiger partial charge in [-0.3, -0.25) is 0 Å². The normalized spacial score (nSPS) is 10.4. The molecule has 0 aliphatic carbocycles. The number of hydrogen-bond donors (Lipinski definition) is 1. The lowest BCUT2D eigenvalue weighted by molar-refractivity contribution is 0.0696. The maximum Gasteiger partial charge on any atom is 0.337 e. The van der Waals surface area contributed by atoms with Gasteiger partial charge >= 0.3 is 5.97 Å². The molecule has 106 valence electrons. The molecule has 0 saturated heterocycles. The molecule has 0 bridgehead atoms. The molecule has 0 unspecified atom stereocenters. The fourth-order valence-corrected chi connectivity index (χ4v) is 2.27. The Balaban J connectivity index is 2.77. The fourth-order valence-electron chi connectivity index (χ4n) is 2.27. The van der Waals surface area contributed by atoms with E-state index in [9.17, 15) is 9.90 Å². The summed E-state index contributed by atoms with van der Waals surface area (Å²) < 4.78 is 12.3. The Labute approximate surface area is 117 Å². The lowest BCUT2D eigenvalue weighted by Crippen LogP contribution is -2.09. The van der Waals surface area contributed by atoms with Crippen molar-refractivity contribution in [3.05, 3.63) is 41.2 Å². The summed E-state index contributed by atoms with van der Waals surface area (Å²) in [6.07, 6.45) is 0. The SMILES string of the molecule is COc1cc(C(=O)O)c(-n2c(C)ccc2C)cc1OC. The van der Waals surface area contributed by atoms with E-state index in [1.807, 2.05) is 30.5 Å². The lowest BCUT2D eigenvalue weighted by Gasteiger charge is -2.16. The van der Waals surface area contributed by atoms with E-state index >= 15 is 0 Å². The number of carboxylic acid groups (broad SMARTS) is 1. The van der Waals surface area contributed by atoms with E-state index in [0.29, 0.717) is 17.2 Å². The van der Waals surface area contributed by atoms with Crippen molar-refractivity contribution in [1.82, 2.24) is 4.57 Å². The average Bonchev–Trinajstić information content (AvgIpc) is 2.76. The van der Waals surface area contributed by atoms with Crippen LogP contribution in [0, 0.1) is 13.8 Å². The zero-order chi connectivity index (χ0) is 14.9. The molecule has 20 heavy (non-hydrogen) atoms. The van der Waals surface area contributed by atoms with E-state index in [4.69, 9.17) is 9.47 Å². The van der Waals surface area contributed by atoms with Crippen LogP contribution in [0.2, 0.25) is 0 Å². The fraction of sp³-hybridized carbons (Fsp3) is 0.267. The highest BCUT2D eigenvalue weighted by atomic mass is 16.5. The van der Waals surface area contributed by atoms with Crippen LogP contribution in [-0.2, 0) is 0 Å². The van der Waals surface area contributed by atoms with E-state index in [1.54, 1.807) is 6.07 Å². The number of nitrogens with zero attached hydrogens (tertiary/aromatic N) is 1. The zero-order valence-corrected chi connectivity index (χ0v) is 11.9. The summed E-state index contributed by atoms with van der Waals surface area (Å²) in [5.74, 6) is -0.107. The van der Waals surface area contributed by atoms with Gasteiger partial charge in [-0.2, -0.15) is 0 Å².